The molecule has 0 bridgehead atoms. The zero-order valence-corrected chi connectivity index (χ0v) is 10.0. The Morgan fingerprint density at radius 2 is 2.07 bits per heavy atom. The summed E-state index contributed by atoms with van der Waals surface area (Å²) in [4.78, 5) is 2.12. The van der Waals surface area contributed by atoms with Crippen LogP contribution in [-0.4, -0.2) is 26.7 Å². The van der Waals surface area contributed by atoms with Gasteiger partial charge in [0.25, 0.3) is 0 Å². The second-order valence-electron chi connectivity index (χ2n) is 4.18. The number of nitrogens with zero attached hydrogens (tertiary/aromatic N) is 1. The van der Waals surface area contributed by atoms with Crippen molar-refractivity contribution in [2.45, 2.75) is 19.9 Å². The number of aryl methyl sites for hydroxylation is 1. The fraction of sp³-hybridized carbons (Fsp3) is 0.500. The molecule has 15 heavy (non-hydrogen) atoms. The Morgan fingerprint density at radius 3 is 2.60 bits per heavy atom. The first kappa shape index (κ1) is 11.9. The van der Waals surface area contributed by atoms with E-state index in [2.05, 4.69) is 56.4 Å². The van der Waals surface area contributed by atoms with Gasteiger partial charge in [-0.1, -0.05) is 6.07 Å². The van der Waals surface area contributed by atoms with Crippen LogP contribution in [0.15, 0.2) is 18.2 Å². The van der Waals surface area contributed by atoms with E-state index in [0.29, 0.717) is 12.6 Å². The van der Waals surface area contributed by atoms with Crippen molar-refractivity contribution in [3.63, 3.8) is 0 Å². The number of benzene rings is 1. The van der Waals surface area contributed by atoms with Crippen molar-refractivity contribution < 1.29 is 0 Å². The molecule has 0 aromatic heterocycles. The quantitative estimate of drug-likeness (QED) is 0.791. The summed E-state index contributed by atoms with van der Waals surface area (Å²) in [6, 6.07) is 6.68. The van der Waals surface area contributed by atoms with Crippen LogP contribution in [-0.2, 0) is 0 Å². The minimum Gasteiger partial charge on any atom is -0.381 e. The van der Waals surface area contributed by atoms with Crippen LogP contribution in [0.4, 0.5) is 11.4 Å². The average molecular weight is 207 g/mol. The zero-order chi connectivity index (χ0) is 11.4. The van der Waals surface area contributed by atoms with E-state index in [1.54, 1.807) is 0 Å². The van der Waals surface area contributed by atoms with E-state index in [1.165, 1.54) is 11.3 Å². The van der Waals surface area contributed by atoms with Gasteiger partial charge in [0.05, 0.1) is 0 Å². The van der Waals surface area contributed by atoms with E-state index < -0.39 is 0 Å². The Labute approximate surface area is 92.3 Å². The molecule has 0 heterocycles. The van der Waals surface area contributed by atoms with E-state index in [4.69, 9.17) is 5.73 Å². The van der Waals surface area contributed by atoms with Crippen LogP contribution in [0.5, 0.6) is 0 Å². The van der Waals surface area contributed by atoms with Gasteiger partial charge in [0.15, 0.2) is 0 Å². The van der Waals surface area contributed by atoms with Crippen molar-refractivity contribution in [3.05, 3.63) is 23.8 Å². The third kappa shape index (κ3) is 3.13. The molecule has 1 atom stereocenters. The number of hydrogen-bond acceptors (Lipinski definition) is 3. The molecule has 0 fully saturated rings. The second-order valence-corrected chi connectivity index (χ2v) is 4.18. The highest BCUT2D eigenvalue weighted by Crippen LogP contribution is 2.22. The van der Waals surface area contributed by atoms with Crippen LogP contribution >= 0.6 is 0 Å². The van der Waals surface area contributed by atoms with Gasteiger partial charge >= 0.3 is 0 Å². The predicted molar refractivity (Wildman–Crippen MR) is 67.6 cm³/mol. The highest BCUT2D eigenvalue weighted by Gasteiger charge is 2.04. The molecule has 0 spiro atoms. The first-order chi connectivity index (χ1) is 7.04. The number of nitrogens with one attached hydrogen (secondary N) is 1. The SMILES string of the molecule is Cc1ccc(NC(C)CN)cc1N(C)C. The van der Waals surface area contributed by atoms with Gasteiger partial charge in [0.1, 0.15) is 0 Å². The van der Waals surface area contributed by atoms with Gasteiger partial charge in [-0.25, -0.2) is 0 Å². The maximum Gasteiger partial charge on any atom is 0.0411 e. The summed E-state index contributed by atoms with van der Waals surface area (Å²) >= 11 is 0. The largest absolute Gasteiger partial charge is 0.381 e. The van der Waals surface area contributed by atoms with E-state index in [1.807, 2.05) is 0 Å². The molecule has 0 aliphatic heterocycles. The zero-order valence-electron chi connectivity index (χ0n) is 10.0. The lowest BCUT2D eigenvalue weighted by Gasteiger charge is -2.19. The van der Waals surface area contributed by atoms with Crippen LogP contribution in [0.3, 0.4) is 0 Å². The Balaban J connectivity index is 2.87. The van der Waals surface area contributed by atoms with Gasteiger partial charge in [-0.3, -0.25) is 0 Å². The number of anilines is 2. The first-order valence-corrected chi connectivity index (χ1v) is 5.29. The van der Waals surface area contributed by atoms with Crippen molar-refractivity contribution in [1.82, 2.24) is 0 Å². The van der Waals surface area contributed by atoms with E-state index in [0.717, 1.165) is 5.69 Å². The fourth-order valence-corrected chi connectivity index (χ4v) is 1.52. The molecule has 3 nitrogen and oxygen atoms in total. The summed E-state index contributed by atoms with van der Waals surface area (Å²) in [6.45, 7) is 4.84. The molecule has 1 aromatic rings. The maximum atomic E-state index is 5.57. The molecule has 1 aromatic carbocycles. The summed E-state index contributed by atoms with van der Waals surface area (Å²) in [5.74, 6) is 0. The van der Waals surface area contributed by atoms with Crippen molar-refractivity contribution in [2.24, 2.45) is 5.73 Å². The van der Waals surface area contributed by atoms with E-state index >= 15 is 0 Å². The van der Waals surface area contributed by atoms with Crippen molar-refractivity contribution >= 4 is 11.4 Å². The summed E-state index contributed by atoms with van der Waals surface area (Å²) in [5, 5.41) is 3.36. The number of rotatable bonds is 4. The van der Waals surface area contributed by atoms with E-state index in [-0.39, 0.29) is 0 Å². The third-order valence-corrected chi connectivity index (χ3v) is 2.46. The minimum atomic E-state index is 0.308. The normalized spacial score (nSPS) is 12.3. The summed E-state index contributed by atoms with van der Waals surface area (Å²) < 4.78 is 0. The monoisotopic (exact) mass is 207 g/mol. The molecule has 0 radical (unpaired) electrons. The fourth-order valence-electron chi connectivity index (χ4n) is 1.52. The molecule has 1 rings (SSSR count). The summed E-state index contributed by atoms with van der Waals surface area (Å²) in [7, 11) is 4.11. The van der Waals surface area contributed by atoms with Gasteiger partial charge in [0.2, 0.25) is 0 Å². The third-order valence-electron chi connectivity index (χ3n) is 2.46. The maximum absolute atomic E-state index is 5.57. The summed E-state index contributed by atoms with van der Waals surface area (Å²) in [5.41, 5.74) is 9.23. The van der Waals surface area contributed by atoms with Gasteiger partial charge in [-0.15, -0.1) is 0 Å². The van der Waals surface area contributed by atoms with Crippen LogP contribution in [0.2, 0.25) is 0 Å². The van der Waals surface area contributed by atoms with Gasteiger partial charge in [0, 0.05) is 38.1 Å². The molecule has 3 N–H and O–H groups in total. The molecule has 0 aliphatic rings. The Hall–Kier alpha value is -1.22. The molecule has 84 valence electrons. The van der Waals surface area contributed by atoms with Crippen LogP contribution in [0.1, 0.15) is 12.5 Å². The lowest BCUT2D eigenvalue weighted by atomic mass is 10.1. The molecular formula is C12H21N3. The molecule has 3 heteroatoms. The van der Waals surface area contributed by atoms with Gasteiger partial charge in [-0.05, 0) is 31.5 Å². The number of nitrogens with two attached hydrogens (primary N) is 1. The summed E-state index contributed by atoms with van der Waals surface area (Å²) in [6.07, 6.45) is 0. The highest BCUT2D eigenvalue weighted by molar-refractivity contribution is 5.62. The topological polar surface area (TPSA) is 41.3 Å². The standard InChI is InChI=1S/C12H21N3/c1-9-5-6-11(14-10(2)8-13)7-12(9)15(3)4/h5-7,10,14H,8,13H2,1-4H3. The Bertz CT molecular complexity index is 321. The van der Waals surface area contributed by atoms with Gasteiger partial charge in [-0.2, -0.15) is 0 Å². The van der Waals surface area contributed by atoms with Gasteiger partial charge < -0.3 is 16.0 Å². The average Bonchev–Trinajstić information content (AvgIpc) is 2.20. The smallest absolute Gasteiger partial charge is 0.0411 e. The number of hydrogen-bond donors (Lipinski definition) is 2. The minimum absolute atomic E-state index is 0.308. The van der Waals surface area contributed by atoms with Crippen LogP contribution in [0, 0.1) is 6.92 Å². The van der Waals surface area contributed by atoms with Crippen molar-refractivity contribution in [1.29, 1.82) is 0 Å². The molecule has 0 saturated heterocycles. The molecule has 0 saturated carbocycles. The first-order valence-electron chi connectivity index (χ1n) is 5.29. The van der Waals surface area contributed by atoms with Crippen molar-refractivity contribution in [3.8, 4) is 0 Å². The molecule has 0 aliphatic carbocycles. The molecule has 1 unspecified atom stereocenters. The van der Waals surface area contributed by atoms with Crippen molar-refractivity contribution in [2.75, 3.05) is 30.9 Å². The molecular weight excluding hydrogens is 186 g/mol. The lowest BCUT2D eigenvalue weighted by molar-refractivity contribution is 0.804. The lowest BCUT2D eigenvalue weighted by Crippen LogP contribution is -2.25. The Kier molecular flexibility index (Phi) is 3.97. The Morgan fingerprint density at radius 1 is 1.40 bits per heavy atom. The molecule has 0 amide bonds. The van der Waals surface area contributed by atoms with Crippen LogP contribution in [0.25, 0.3) is 0 Å². The van der Waals surface area contributed by atoms with E-state index in [9.17, 15) is 0 Å². The highest BCUT2D eigenvalue weighted by atomic mass is 15.1. The van der Waals surface area contributed by atoms with Crippen LogP contribution < -0.4 is 16.0 Å². The second kappa shape index (κ2) is 5.03. The predicted octanol–water partition coefficient (Wildman–Crippen LogP) is 1.82.